The molecule has 2 aliphatic heterocycles. The molecule has 1 aromatic rings. The number of hydrogen-bond donors (Lipinski definition) is 1. The number of rotatable bonds is 2. The first-order valence-electron chi connectivity index (χ1n) is 7.75. The summed E-state index contributed by atoms with van der Waals surface area (Å²) in [5.74, 6) is 0. The van der Waals surface area contributed by atoms with Crippen molar-refractivity contribution in [1.29, 1.82) is 0 Å². The molecule has 0 aromatic carbocycles. The minimum atomic E-state index is 0.151. The fraction of sp³-hybridized carbons (Fsp3) is 0.800. The van der Waals surface area contributed by atoms with Crippen LogP contribution < -0.4 is 5.32 Å². The van der Waals surface area contributed by atoms with Gasteiger partial charge in [0, 0.05) is 17.5 Å². The van der Waals surface area contributed by atoms with E-state index >= 15 is 0 Å². The SMILES string of the molecule is CNC1(c2nc3c(s2)CCCC3)CCN2CCCC21. The fourth-order valence-electron chi connectivity index (χ4n) is 4.33. The monoisotopic (exact) mass is 277 g/mol. The van der Waals surface area contributed by atoms with E-state index in [0.717, 1.165) is 0 Å². The molecule has 2 atom stereocenters. The van der Waals surface area contributed by atoms with Gasteiger partial charge in [-0.15, -0.1) is 11.3 Å². The lowest BCUT2D eigenvalue weighted by atomic mass is 9.89. The molecule has 3 aliphatic rings. The normalized spacial score (nSPS) is 34.5. The maximum absolute atomic E-state index is 5.07. The molecule has 0 radical (unpaired) electrons. The summed E-state index contributed by atoms with van der Waals surface area (Å²) >= 11 is 2.00. The highest BCUT2D eigenvalue weighted by atomic mass is 32.1. The van der Waals surface area contributed by atoms with E-state index in [-0.39, 0.29) is 5.54 Å². The van der Waals surface area contributed by atoms with Crippen LogP contribution in [0.15, 0.2) is 0 Å². The maximum Gasteiger partial charge on any atom is 0.115 e. The van der Waals surface area contributed by atoms with E-state index in [9.17, 15) is 0 Å². The summed E-state index contributed by atoms with van der Waals surface area (Å²) in [4.78, 5) is 9.32. The highest BCUT2D eigenvalue weighted by Gasteiger charge is 2.51. The van der Waals surface area contributed by atoms with Gasteiger partial charge < -0.3 is 5.32 Å². The summed E-state index contributed by atoms with van der Waals surface area (Å²) in [5.41, 5.74) is 1.57. The summed E-state index contributed by atoms with van der Waals surface area (Å²) in [6, 6.07) is 0.685. The predicted octanol–water partition coefficient (Wildman–Crippen LogP) is 2.30. The van der Waals surface area contributed by atoms with E-state index in [1.807, 2.05) is 11.3 Å². The third kappa shape index (κ3) is 1.73. The summed E-state index contributed by atoms with van der Waals surface area (Å²) in [6.07, 6.45) is 9.10. The molecule has 2 fully saturated rings. The molecule has 0 bridgehead atoms. The van der Waals surface area contributed by atoms with E-state index in [0.29, 0.717) is 6.04 Å². The third-order valence-corrected chi connectivity index (χ3v) is 6.73. The molecule has 3 nitrogen and oxygen atoms in total. The Kier molecular flexibility index (Phi) is 2.94. The van der Waals surface area contributed by atoms with Crippen LogP contribution in [-0.2, 0) is 18.4 Å². The zero-order valence-electron chi connectivity index (χ0n) is 11.7. The highest BCUT2D eigenvalue weighted by molar-refractivity contribution is 7.12. The van der Waals surface area contributed by atoms with Crippen LogP contribution in [-0.4, -0.2) is 36.1 Å². The van der Waals surface area contributed by atoms with Crippen LogP contribution in [0.4, 0.5) is 0 Å². The van der Waals surface area contributed by atoms with Crippen LogP contribution in [0.5, 0.6) is 0 Å². The Bertz CT molecular complexity index is 460. The molecule has 2 saturated heterocycles. The summed E-state index contributed by atoms with van der Waals surface area (Å²) < 4.78 is 0. The molecule has 1 N–H and O–H groups in total. The van der Waals surface area contributed by atoms with Crippen molar-refractivity contribution in [1.82, 2.24) is 15.2 Å². The Morgan fingerprint density at radius 2 is 2.16 bits per heavy atom. The molecule has 104 valence electrons. The molecule has 3 heterocycles. The lowest BCUT2D eigenvalue weighted by Crippen LogP contribution is -2.48. The van der Waals surface area contributed by atoms with Gasteiger partial charge in [0.05, 0.1) is 11.2 Å². The topological polar surface area (TPSA) is 28.2 Å². The molecule has 4 heteroatoms. The van der Waals surface area contributed by atoms with Gasteiger partial charge >= 0.3 is 0 Å². The highest BCUT2D eigenvalue weighted by Crippen LogP contribution is 2.45. The first-order valence-corrected chi connectivity index (χ1v) is 8.57. The molecule has 0 amide bonds. The number of thiazole rings is 1. The van der Waals surface area contributed by atoms with Crippen LogP contribution in [0.2, 0.25) is 0 Å². The molecule has 1 aliphatic carbocycles. The molecule has 4 rings (SSSR count). The van der Waals surface area contributed by atoms with Crippen molar-refractivity contribution < 1.29 is 0 Å². The first-order chi connectivity index (χ1) is 9.33. The molecule has 1 aromatic heterocycles. The third-order valence-electron chi connectivity index (χ3n) is 5.40. The van der Waals surface area contributed by atoms with Gasteiger partial charge in [0.1, 0.15) is 5.01 Å². The smallest absolute Gasteiger partial charge is 0.115 e. The maximum atomic E-state index is 5.07. The van der Waals surface area contributed by atoms with Crippen molar-refractivity contribution in [2.24, 2.45) is 0 Å². The lowest BCUT2D eigenvalue weighted by molar-refractivity contribution is 0.235. The van der Waals surface area contributed by atoms with Crippen molar-refractivity contribution in [2.45, 2.75) is 56.5 Å². The zero-order valence-corrected chi connectivity index (χ0v) is 12.6. The standard InChI is InChI=1S/C15H23N3S/c1-16-15(8-10-18-9-4-7-13(15)18)14-17-11-5-2-3-6-12(11)19-14/h13,16H,2-10H2,1H3. The number of aryl methyl sites for hydroxylation is 2. The summed E-state index contributed by atoms with van der Waals surface area (Å²) in [5, 5.41) is 5.07. The van der Waals surface area contributed by atoms with E-state index < -0.39 is 0 Å². The van der Waals surface area contributed by atoms with Gasteiger partial charge in [0.25, 0.3) is 0 Å². The number of likely N-dealkylation sites (N-methyl/N-ethyl adjacent to an activating group) is 1. The lowest BCUT2D eigenvalue weighted by Gasteiger charge is -2.33. The summed E-state index contributed by atoms with van der Waals surface area (Å²) in [6.45, 7) is 2.54. The van der Waals surface area contributed by atoms with E-state index in [1.165, 1.54) is 68.7 Å². The van der Waals surface area contributed by atoms with Gasteiger partial charge in [-0.2, -0.15) is 0 Å². The van der Waals surface area contributed by atoms with Crippen molar-refractivity contribution in [2.75, 3.05) is 20.1 Å². The number of aromatic nitrogens is 1. The van der Waals surface area contributed by atoms with Gasteiger partial charge in [-0.3, -0.25) is 4.90 Å². The van der Waals surface area contributed by atoms with Crippen molar-refractivity contribution >= 4 is 11.3 Å². The Morgan fingerprint density at radius 1 is 1.26 bits per heavy atom. The van der Waals surface area contributed by atoms with Gasteiger partial charge in [-0.25, -0.2) is 4.98 Å². The predicted molar refractivity (Wildman–Crippen MR) is 78.7 cm³/mol. The van der Waals surface area contributed by atoms with Crippen LogP contribution in [0.1, 0.15) is 47.7 Å². The molecule has 2 unspecified atom stereocenters. The number of fused-ring (bicyclic) bond motifs is 2. The van der Waals surface area contributed by atoms with Gasteiger partial charge in [-0.1, -0.05) is 0 Å². The second-order valence-corrected chi connectivity index (χ2v) is 7.34. The first kappa shape index (κ1) is 12.3. The van der Waals surface area contributed by atoms with Crippen molar-refractivity contribution in [3.8, 4) is 0 Å². The molecular formula is C15H23N3S. The Morgan fingerprint density at radius 3 is 3.00 bits per heavy atom. The average molecular weight is 277 g/mol. The van der Waals surface area contributed by atoms with Crippen molar-refractivity contribution in [3.63, 3.8) is 0 Å². The Balaban J connectivity index is 1.74. The van der Waals surface area contributed by atoms with Crippen molar-refractivity contribution in [3.05, 3.63) is 15.6 Å². The number of nitrogens with one attached hydrogen (secondary N) is 1. The summed E-state index contributed by atoms with van der Waals surface area (Å²) in [7, 11) is 2.14. The largest absolute Gasteiger partial charge is 0.307 e. The number of hydrogen-bond acceptors (Lipinski definition) is 4. The molecule has 19 heavy (non-hydrogen) atoms. The van der Waals surface area contributed by atoms with E-state index in [2.05, 4.69) is 17.3 Å². The quantitative estimate of drug-likeness (QED) is 0.899. The van der Waals surface area contributed by atoms with Gasteiger partial charge in [0.2, 0.25) is 0 Å². The van der Waals surface area contributed by atoms with Crippen LogP contribution in [0, 0.1) is 0 Å². The zero-order chi connectivity index (χ0) is 12.9. The second kappa shape index (κ2) is 4.54. The fourth-order valence-corrected chi connectivity index (χ4v) is 5.75. The minimum absolute atomic E-state index is 0.151. The minimum Gasteiger partial charge on any atom is -0.307 e. The van der Waals surface area contributed by atoms with Gasteiger partial charge in [0.15, 0.2) is 0 Å². The Hall–Kier alpha value is -0.450. The average Bonchev–Trinajstić information content (AvgIpc) is 3.13. The van der Waals surface area contributed by atoms with E-state index in [4.69, 9.17) is 4.98 Å². The molecule has 0 spiro atoms. The number of nitrogens with zero attached hydrogens (tertiary/aromatic N) is 2. The second-order valence-electron chi connectivity index (χ2n) is 6.26. The van der Waals surface area contributed by atoms with E-state index in [1.54, 1.807) is 4.88 Å². The Labute approximate surface area is 119 Å². The van der Waals surface area contributed by atoms with Crippen LogP contribution in [0.25, 0.3) is 0 Å². The van der Waals surface area contributed by atoms with Crippen LogP contribution >= 0.6 is 11.3 Å². The van der Waals surface area contributed by atoms with Gasteiger partial charge in [-0.05, 0) is 58.5 Å². The molecule has 0 saturated carbocycles. The molecular weight excluding hydrogens is 254 g/mol. The van der Waals surface area contributed by atoms with Crippen LogP contribution in [0.3, 0.4) is 0 Å².